The van der Waals surface area contributed by atoms with Crippen molar-refractivity contribution in [3.05, 3.63) is 58.6 Å². The first-order chi connectivity index (χ1) is 14.5. The first-order valence-corrected chi connectivity index (χ1v) is 8.57. The van der Waals surface area contributed by atoms with Crippen LogP contribution in [0.3, 0.4) is 0 Å². The van der Waals surface area contributed by atoms with Gasteiger partial charge >= 0.3 is 6.18 Å². The summed E-state index contributed by atoms with van der Waals surface area (Å²) in [6, 6.07) is 7.94. The maximum atomic E-state index is 13.8. The smallest absolute Gasteiger partial charge is 0.434 e. The van der Waals surface area contributed by atoms with E-state index in [1.165, 1.54) is 30.3 Å². The third-order valence-corrected chi connectivity index (χ3v) is 4.51. The molecule has 1 saturated carbocycles. The van der Waals surface area contributed by atoms with Gasteiger partial charge in [-0.15, -0.1) is 0 Å². The Kier molecular flexibility index (Phi) is 3.66. The fraction of sp³-hybridized carbons (Fsp3) is 0.300. The van der Waals surface area contributed by atoms with E-state index in [4.69, 9.17) is 13.6 Å². The third kappa shape index (κ3) is 3.54. The SMILES string of the molecule is [2H]C([2H])([2H])Oc1ccn2c(=O)c(-c3ccc(OCC4CC4)cc3)c(C(F)(F)F)nc2c1. The maximum Gasteiger partial charge on any atom is 0.434 e. The Hall–Kier alpha value is -3.03. The predicted molar refractivity (Wildman–Crippen MR) is 96.7 cm³/mol. The lowest BCUT2D eigenvalue weighted by Gasteiger charge is -2.14. The van der Waals surface area contributed by atoms with Crippen LogP contribution < -0.4 is 15.0 Å². The molecule has 1 aliphatic rings. The average Bonchev–Trinajstić information content (AvgIpc) is 3.49. The third-order valence-electron chi connectivity index (χ3n) is 4.51. The highest BCUT2D eigenvalue weighted by atomic mass is 19.4. The van der Waals surface area contributed by atoms with Crippen LogP contribution in [0.2, 0.25) is 0 Å². The van der Waals surface area contributed by atoms with E-state index in [0.717, 1.165) is 29.5 Å². The molecule has 146 valence electrons. The van der Waals surface area contributed by atoms with Gasteiger partial charge in [-0.1, -0.05) is 12.1 Å². The number of nitrogens with zero attached hydrogens (tertiary/aromatic N) is 2. The average molecular weight is 393 g/mol. The zero-order valence-electron chi connectivity index (χ0n) is 17.5. The van der Waals surface area contributed by atoms with Gasteiger partial charge in [0.15, 0.2) is 5.69 Å². The Bertz CT molecular complexity index is 1170. The molecule has 0 atom stereocenters. The minimum absolute atomic E-state index is 0.0424. The predicted octanol–water partition coefficient (Wildman–Crippen LogP) is 4.18. The largest absolute Gasteiger partial charge is 0.497 e. The van der Waals surface area contributed by atoms with E-state index in [-0.39, 0.29) is 17.0 Å². The number of ether oxygens (including phenoxy) is 2. The van der Waals surface area contributed by atoms with Gasteiger partial charge in [0, 0.05) is 12.3 Å². The van der Waals surface area contributed by atoms with Crippen molar-refractivity contribution in [1.82, 2.24) is 9.38 Å². The first-order valence-electron chi connectivity index (χ1n) is 10.1. The van der Waals surface area contributed by atoms with Crippen molar-refractivity contribution in [2.45, 2.75) is 19.0 Å². The van der Waals surface area contributed by atoms with Crippen LogP contribution in [0.25, 0.3) is 16.8 Å². The topological polar surface area (TPSA) is 52.8 Å². The summed E-state index contributed by atoms with van der Waals surface area (Å²) in [7, 11) is -2.80. The molecule has 2 heterocycles. The van der Waals surface area contributed by atoms with Crippen LogP contribution in [-0.2, 0) is 6.18 Å². The van der Waals surface area contributed by atoms with Crippen molar-refractivity contribution >= 4 is 5.65 Å². The molecule has 5 nitrogen and oxygen atoms in total. The highest BCUT2D eigenvalue weighted by Gasteiger charge is 2.38. The van der Waals surface area contributed by atoms with Gasteiger partial charge in [0.05, 0.1) is 23.3 Å². The number of pyridine rings is 1. The molecule has 8 heteroatoms. The molecule has 4 rings (SSSR count). The number of rotatable bonds is 5. The summed E-state index contributed by atoms with van der Waals surface area (Å²) in [5, 5.41) is 0. The van der Waals surface area contributed by atoms with Crippen LogP contribution in [-0.4, -0.2) is 23.0 Å². The van der Waals surface area contributed by atoms with Crippen molar-refractivity contribution < 1.29 is 26.8 Å². The molecule has 2 aromatic heterocycles. The Morgan fingerprint density at radius 3 is 2.61 bits per heavy atom. The normalized spacial score (nSPS) is 16.3. The second kappa shape index (κ2) is 6.85. The highest BCUT2D eigenvalue weighted by molar-refractivity contribution is 5.68. The zero-order chi connectivity index (χ0) is 22.4. The Morgan fingerprint density at radius 1 is 1.21 bits per heavy atom. The van der Waals surface area contributed by atoms with Crippen molar-refractivity contribution in [3.63, 3.8) is 0 Å². The second-order valence-electron chi connectivity index (χ2n) is 6.61. The lowest BCUT2D eigenvalue weighted by atomic mass is 10.0. The number of benzene rings is 1. The van der Waals surface area contributed by atoms with E-state index in [2.05, 4.69) is 4.98 Å². The standard InChI is InChI=1S/C20H17F3N2O3/c1-27-15-8-9-25-16(10-15)24-18(20(21,22)23)17(19(25)26)13-4-6-14(7-5-13)28-11-12-2-3-12/h4-10,12H,2-3,11H2,1H3/i1D3. The molecule has 0 saturated heterocycles. The van der Waals surface area contributed by atoms with Crippen LogP contribution in [0.4, 0.5) is 13.2 Å². The minimum Gasteiger partial charge on any atom is -0.497 e. The molecule has 3 aromatic rings. The summed E-state index contributed by atoms with van der Waals surface area (Å²) in [6.07, 6.45) is -1.58. The molecule has 0 amide bonds. The molecule has 0 aliphatic heterocycles. The molecule has 0 bridgehead atoms. The summed E-state index contributed by atoms with van der Waals surface area (Å²) in [4.78, 5) is 16.5. The number of methoxy groups -OCH3 is 1. The lowest BCUT2D eigenvalue weighted by Crippen LogP contribution is -2.24. The fourth-order valence-electron chi connectivity index (χ4n) is 2.86. The number of hydrogen-bond acceptors (Lipinski definition) is 4. The van der Waals surface area contributed by atoms with Crippen LogP contribution in [0.1, 0.15) is 22.6 Å². The number of alkyl halides is 3. The van der Waals surface area contributed by atoms with Gasteiger partial charge < -0.3 is 9.47 Å². The van der Waals surface area contributed by atoms with Gasteiger partial charge in [0.25, 0.3) is 5.56 Å². The molecule has 28 heavy (non-hydrogen) atoms. The monoisotopic (exact) mass is 393 g/mol. The summed E-state index contributed by atoms with van der Waals surface area (Å²) in [5.41, 5.74) is -3.25. The van der Waals surface area contributed by atoms with E-state index in [1.54, 1.807) is 0 Å². The molecule has 0 radical (unpaired) electrons. The van der Waals surface area contributed by atoms with E-state index in [0.29, 0.717) is 18.3 Å². The van der Waals surface area contributed by atoms with E-state index in [9.17, 15) is 18.0 Å². The number of fused-ring (bicyclic) bond motifs is 1. The van der Waals surface area contributed by atoms with Crippen LogP contribution in [0.15, 0.2) is 47.4 Å². The number of hydrogen-bond donors (Lipinski definition) is 0. The second-order valence-corrected chi connectivity index (χ2v) is 6.61. The van der Waals surface area contributed by atoms with E-state index >= 15 is 0 Å². The highest BCUT2D eigenvalue weighted by Crippen LogP contribution is 2.35. The molecule has 0 spiro atoms. The summed E-state index contributed by atoms with van der Waals surface area (Å²) in [6.45, 7) is 0.550. The van der Waals surface area contributed by atoms with Crippen LogP contribution >= 0.6 is 0 Å². The minimum atomic E-state index is -4.91. The molecule has 0 N–H and O–H groups in total. The van der Waals surface area contributed by atoms with Crippen molar-refractivity contribution in [2.24, 2.45) is 5.92 Å². The molecular formula is C20H17F3N2O3. The molecule has 0 unspecified atom stereocenters. The van der Waals surface area contributed by atoms with Gasteiger partial charge in [0.2, 0.25) is 0 Å². The lowest BCUT2D eigenvalue weighted by molar-refractivity contribution is -0.140. The van der Waals surface area contributed by atoms with Crippen molar-refractivity contribution in [1.29, 1.82) is 0 Å². The first kappa shape index (κ1) is 15.0. The van der Waals surface area contributed by atoms with Crippen molar-refractivity contribution in [2.75, 3.05) is 13.6 Å². The van der Waals surface area contributed by atoms with Crippen LogP contribution in [0, 0.1) is 5.92 Å². The van der Waals surface area contributed by atoms with E-state index in [1.807, 2.05) is 0 Å². The maximum absolute atomic E-state index is 13.8. The zero-order valence-corrected chi connectivity index (χ0v) is 14.5. The quantitative estimate of drug-likeness (QED) is 0.653. The summed E-state index contributed by atoms with van der Waals surface area (Å²) in [5.74, 6) is 0.791. The Morgan fingerprint density at radius 2 is 1.96 bits per heavy atom. The Labute approximate surface area is 162 Å². The fourth-order valence-corrected chi connectivity index (χ4v) is 2.86. The van der Waals surface area contributed by atoms with E-state index < -0.39 is 30.0 Å². The molecule has 1 aliphatic carbocycles. The van der Waals surface area contributed by atoms with Gasteiger partial charge in [0.1, 0.15) is 17.1 Å². The molecule has 1 fully saturated rings. The summed E-state index contributed by atoms with van der Waals surface area (Å²) < 4.78 is 73.8. The molecule has 1 aromatic carbocycles. The van der Waals surface area contributed by atoms with Gasteiger partial charge in [-0.25, -0.2) is 4.98 Å². The Balaban J connectivity index is 1.79. The van der Waals surface area contributed by atoms with Gasteiger partial charge in [-0.2, -0.15) is 13.2 Å². The van der Waals surface area contributed by atoms with Gasteiger partial charge in [-0.05, 0) is 42.5 Å². The number of halogens is 3. The van der Waals surface area contributed by atoms with Gasteiger partial charge in [-0.3, -0.25) is 9.20 Å². The molecular weight excluding hydrogens is 373 g/mol. The number of aromatic nitrogens is 2. The van der Waals surface area contributed by atoms with Crippen LogP contribution in [0.5, 0.6) is 11.5 Å². The summed E-state index contributed by atoms with van der Waals surface area (Å²) >= 11 is 0. The van der Waals surface area contributed by atoms with Crippen molar-refractivity contribution in [3.8, 4) is 22.6 Å².